The van der Waals surface area contributed by atoms with Crippen LogP contribution in [0.1, 0.15) is 23.6 Å². The summed E-state index contributed by atoms with van der Waals surface area (Å²) in [6.45, 7) is 6.24. The second-order valence-corrected chi connectivity index (χ2v) is 8.58. The summed E-state index contributed by atoms with van der Waals surface area (Å²) in [6.07, 6.45) is 2.89. The molecule has 152 valence electrons. The van der Waals surface area contributed by atoms with Crippen LogP contribution < -0.4 is 0 Å². The third-order valence-electron chi connectivity index (χ3n) is 4.29. The van der Waals surface area contributed by atoms with Gasteiger partial charge in [0.2, 0.25) is 0 Å². The van der Waals surface area contributed by atoms with Crippen molar-refractivity contribution in [1.82, 2.24) is 4.98 Å². The number of rotatable bonds is 2. The second kappa shape index (κ2) is 10.9. The zero-order chi connectivity index (χ0) is 21.3. The topological polar surface area (TPSA) is 67.3 Å². The predicted molar refractivity (Wildman–Crippen MR) is 121 cm³/mol. The maximum Gasteiger partial charge on any atom is 0.294 e. The summed E-state index contributed by atoms with van der Waals surface area (Å²) in [5.41, 5.74) is 5.64. The normalized spacial score (nSPS) is 10.5. The lowest BCUT2D eigenvalue weighted by Crippen LogP contribution is -1.96. The van der Waals surface area contributed by atoms with E-state index in [1.165, 1.54) is 34.0 Å². The summed E-state index contributed by atoms with van der Waals surface area (Å²) < 4.78 is 29.6. The molecule has 1 heterocycles. The van der Waals surface area contributed by atoms with Crippen molar-refractivity contribution in [2.24, 2.45) is 0 Å². The van der Waals surface area contributed by atoms with Crippen LogP contribution in [0.4, 0.5) is 0 Å². The lowest BCUT2D eigenvalue weighted by Gasteiger charge is -2.07. The van der Waals surface area contributed by atoms with Gasteiger partial charge >= 0.3 is 0 Å². The largest absolute Gasteiger partial charge is 0.294 e. The molecular formula is C23H25NO3S2. The van der Waals surface area contributed by atoms with Gasteiger partial charge in [-0.05, 0) is 54.3 Å². The number of benzene rings is 3. The van der Waals surface area contributed by atoms with Crippen LogP contribution in [0.5, 0.6) is 0 Å². The van der Waals surface area contributed by atoms with E-state index >= 15 is 0 Å². The molecule has 6 heteroatoms. The Morgan fingerprint density at radius 2 is 1.66 bits per heavy atom. The first kappa shape index (κ1) is 22.7. The third-order valence-corrected chi connectivity index (χ3v) is 5.68. The molecule has 0 aliphatic carbocycles. The van der Waals surface area contributed by atoms with Gasteiger partial charge in [-0.15, -0.1) is 11.3 Å². The highest BCUT2D eigenvalue weighted by Gasteiger charge is 2.06. The van der Waals surface area contributed by atoms with E-state index in [4.69, 9.17) is 4.55 Å². The summed E-state index contributed by atoms with van der Waals surface area (Å²) in [6, 6.07) is 19.0. The van der Waals surface area contributed by atoms with E-state index in [0.29, 0.717) is 0 Å². The van der Waals surface area contributed by atoms with Gasteiger partial charge in [-0.25, -0.2) is 0 Å². The molecule has 0 amide bonds. The third kappa shape index (κ3) is 7.09. The molecule has 4 aromatic rings. The number of aromatic nitrogens is 1. The Morgan fingerprint density at radius 1 is 0.966 bits per heavy atom. The van der Waals surface area contributed by atoms with Gasteiger partial charge in [0.25, 0.3) is 10.1 Å². The molecular weight excluding hydrogens is 402 g/mol. The molecule has 0 fully saturated rings. The van der Waals surface area contributed by atoms with Crippen molar-refractivity contribution in [3.8, 4) is 0 Å². The molecule has 1 N–H and O–H groups in total. The second-order valence-electron chi connectivity index (χ2n) is 6.40. The number of aryl methyl sites for hydroxylation is 3. The molecule has 0 atom stereocenters. The smallest absolute Gasteiger partial charge is 0.282 e. The monoisotopic (exact) mass is 427 g/mol. The molecule has 0 saturated carbocycles. The van der Waals surface area contributed by atoms with Crippen LogP contribution in [0.2, 0.25) is 0 Å². The van der Waals surface area contributed by atoms with Crippen LogP contribution >= 0.6 is 11.3 Å². The lowest BCUT2D eigenvalue weighted by molar-refractivity contribution is 0.483. The maximum atomic E-state index is 10.5. The predicted octanol–water partition coefficient (Wildman–Crippen LogP) is 6.10. The Hall–Kier alpha value is -2.54. The standard InChI is InChI=1S/C13H14.C7H8O3S.C3H3NS/c1-3-12-10(2)8-9-11-6-4-5-7-13(11)12;1-6-2-4-7(5-3-6)11(8,9)10;1-2-5-3-4-1/h4-9H,3H2,1-2H3;2-5H,1H3,(H,8,9,10);1-3H. The Balaban J connectivity index is 0.000000169. The Labute approximate surface area is 176 Å². The van der Waals surface area contributed by atoms with Gasteiger partial charge in [0.1, 0.15) is 0 Å². The molecule has 0 aliphatic rings. The van der Waals surface area contributed by atoms with Crippen molar-refractivity contribution in [3.63, 3.8) is 0 Å². The fraction of sp³-hybridized carbons (Fsp3) is 0.174. The molecule has 4 nitrogen and oxygen atoms in total. The highest BCUT2D eigenvalue weighted by molar-refractivity contribution is 7.85. The average molecular weight is 428 g/mol. The summed E-state index contributed by atoms with van der Waals surface area (Å²) in [5, 5.41) is 4.69. The number of nitrogens with zero attached hydrogens (tertiary/aromatic N) is 1. The fourth-order valence-corrected chi connectivity index (χ4v) is 3.63. The van der Waals surface area contributed by atoms with Gasteiger partial charge in [0.05, 0.1) is 10.4 Å². The van der Waals surface area contributed by atoms with E-state index in [1.54, 1.807) is 35.2 Å². The highest BCUT2D eigenvalue weighted by Crippen LogP contribution is 2.22. The molecule has 0 spiro atoms. The van der Waals surface area contributed by atoms with E-state index in [2.05, 4.69) is 55.2 Å². The van der Waals surface area contributed by atoms with E-state index in [0.717, 1.165) is 12.0 Å². The minimum Gasteiger partial charge on any atom is -0.282 e. The first-order valence-electron chi connectivity index (χ1n) is 9.16. The van der Waals surface area contributed by atoms with Crippen LogP contribution in [0.3, 0.4) is 0 Å². The minimum absolute atomic E-state index is 0.0666. The van der Waals surface area contributed by atoms with Gasteiger partial charge in [-0.2, -0.15) is 8.42 Å². The molecule has 0 aliphatic heterocycles. The van der Waals surface area contributed by atoms with Crippen molar-refractivity contribution in [3.05, 3.63) is 94.4 Å². The number of thiazole rings is 1. The summed E-state index contributed by atoms with van der Waals surface area (Å²) in [5.74, 6) is 0. The molecule has 0 radical (unpaired) electrons. The van der Waals surface area contributed by atoms with Crippen molar-refractivity contribution in [2.75, 3.05) is 0 Å². The quantitative estimate of drug-likeness (QED) is 0.393. The van der Waals surface area contributed by atoms with Gasteiger partial charge in [0, 0.05) is 11.6 Å². The number of fused-ring (bicyclic) bond motifs is 1. The number of hydrogen-bond acceptors (Lipinski definition) is 4. The Kier molecular flexibility index (Phi) is 8.51. The van der Waals surface area contributed by atoms with Crippen molar-refractivity contribution < 1.29 is 13.0 Å². The van der Waals surface area contributed by atoms with Crippen molar-refractivity contribution >= 4 is 32.2 Å². The van der Waals surface area contributed by atoms with Crippen LogP contribution in [0, 0.1) is 13.8 Å². The number of hydrogen-bond donors (Lipinski definition) is 1. The average Bonchev–Trinajstić information content (AvgIpc) is 3.28. The van der Waals surface area contributed by atoms with E-state index < -0.39 is 10.1 Å². The Bertz CT molecular complexity index is 1100. The first-order chi connectivity index (χ1) is 13.8. The van der Waals surface area contributed by atoms with Crippen molar-refractivity contribution in [2.45, 2.75) is 32.1 Å². The summed E-state index contributed by atoms with van der Waals surface area (Å²) >= 11 is 1.60. The molecule has 3 aromatic carbocycles. The molecule has 0 bridgehead atoms. The lowest BCUT2D eigenvalue weighted by atomic mass is 9.98. The minimum atomic E-state index is -4.02. The Morgan fingerprint density at radius 3 is 2.17 bits per heavy atom. The van der Waals surface area contributed by atoms with Crippen LogP contribution in [0.15, 0.2) is 82.6 Å². The SMILES string of the molecule is CCc1c(C)ccc2ccccc12.Cc1ccc(S(=O)(=O)O)cc1.c1cscn1. The van der Waals surface area contributed by atoms with Gasteiger partial charge in [-0.1, -0.05) is 61.0 Å². The van der Waals surface area contributed by atoms with E-state index in [-0.39, 0.29) is 4.90 Å². The maximum absolute atomic E-state index is 10.5. The summed E-state index contributed by atoms with van der Waals surface area (Å²) in [4.78, 5) is 3.67. The van der Waals surface area contributed by atoms with Gasteiger partial charge < -0.3 is 0 Å². The first-order valence-corrected chi connectivity index (χ1v) is 11.5. The fourth-order valence-electron chi connectivity index (χ4n) is 2.80. The highest BCUT2D eigenvalue weighted by atomic mass is 32.2. The molecule has 29 heavy (non-hydrogen) atoms. The van der Waals surface area contributed by atoms with Crippen LogP contribution in [-0.2, 0) is 16.5 Å². The molecule has 0 unspecified atom stereocenters. The van der Waals surface area contributed by atoms with Crippen LogP contribution in [0.25, 0.3) is 10.8 Å². The van der Waals surface area contributed by atoms with E-state index in [1.807, 2.05) is 12.3 Å². The van der Waals surface area contributed by atoms with Gasteiger partial charge in [0.15, 0.2) is 0 Å². The zero-order valence-corrected chi connectivity index (χ0v) is 18.4. The zero-order valence-electron chi connectivity index (χ0n) is 16.7. The van der Waals surface area contributed by atoms with Crippen LogP contribution in [-0.4, -0.2) is 18.0 Å². The summed E-state index contributed by atoms with van der Waals surface area (Å²) in [7, 11) is -4.02. The molecule has 1 aromatic heterocycles. The van der Waals surface area contributed by atoms with E-state index in [9.17, 15) is 8.42 Å². The molecule has 4 rings (SSSR count). The van der Waals surface area contributed by atoms with Crippen molar-refractivity contribution in [1.29, 1.82) is 0 Å². The van der Waals surface area contributed by atoms with Gasteiger partial charge in [-0.3, -0.25) is 9.54 Å². The molecule has 0 saturated heterocycles.